The van der Waals surface area contributed by atoms with Crippen LogP contribution in [0, 0.1) is 6.67 Å². The Morgan fingerprint density at radius 1 is 0.943 bits per heavy atom. The van der Waals surface area contributed by atoms with Crippen LogP contribution in [0.25, 0.3) is 0 Å². The van der Waals surface area contributed by atoms with Gasteiger partial charge in [0.1, 0.15) is 6.67 Å². The van der Waals surface area contributed by atoms with Crippen molar-refractivity contribution in [2.24, 2.45) is 11.5 Å². The van der Waals surface area contributed by atoms with Crippen molar-refractivity contribution in [2.45, 2.75) is 15.8 Å². The van der Waals surface area contributed by atoms with E-state index in [1.807, 2.05) is 24.2 Å². The van der Waals surface area contributed by atoms with E-state index >= 15 is 0 Å². The molecule has 35 heavy (non-hydrogen) atoms. The standard InChI is InChI=1S/C26H28N5O3S/c1-30-16-17-31(19-30)18-24(32)29-22-12-14-23(15-13-22)35(33,34)26(28,21-10-6-3-7-11-21)25(27)20-8-4-2-5-9-20/h2-17,19,25H,18,27-28H2,1H3,(H,29,32)/t25-,26-/m1/s1. The van der Waals surface area contributed by atoms with Crippen LogP contribution in [-0.4, -0.2) is 37.7 Å². The van der Waals surface area contributed by atoms with Gasteiger partial charge in [-0.1, -0.05) is 60.7 Å². The molecule has 0 aliphatic carbocycles. The number of amides is 1. The number of hydrogen-bond acceptors (Lipinski definition) is 7. The van der Waals surface area contributed by atoms with Crippen molar-refractivity contribution >= 4 is 21.4 Å². The SMILES string of the molecule is CN1[CH]N(CC(=O)Nc2ccc(S(=O)(=O)[C@](N)(c3ccccc3)[C@H](N)c3ccccc3)cc2)C=C1. The third-order valence-electron chi connectivity index (χ3n) is 5.89. The van der Waals surface area contributed by atoms with Crippen molar-refractivity contribution in [3.05, 3.63) is 115 Å². The number of nitrogens with one attached hydrogen (secondary N) is 1. The summed E-state index contributed by atoms with van der Waals surface area (Å²) >= 11 is 0. The van der Waals surface area contributed by atoms with Crippen molar-refractivity contribution in [2.75, 3.05) is 18.9 Å². The summed E-state index contributed by atoms with van der Waals surface area (Å²) in [6.07, 6.45) is 3.62. The Labute approximate surface area is 205 Å². The first-order chi connectivity index (χ1) is 16.7. The van der Waals surface area contributed by atoms with Crippen LogP contribution in [0.2, 0.25) is 0 Å². The van der Waals surface area contributed by atoms with E-state index in [2.05, 4.69) is 5.32 Å². The Morgan fingerprint density at radius 3 is 2.11 bits per heavy atom. The minimum absolute atomic E-state index is 0.00525. The topological polar surface area (TPSA) is 122 Å². The van der Waals surface area contributed by atoms with Gasteiger partial charge in [0.2, 0.25) is 15.7 Å². The van der Waals surface area contributed by atoms with Crippen LogP contribution < -0.4 is 16.8 Å². The largest absolute Gasteiger partial charge is 0.356 e. The first-order valence-electron chi connectivity index (χ1n) is 11.0. The predicted octanol–water partition coefficient (Wildman–Crippen LogP) is 2.75. The zero-order valence-electron chi connectivity index (χ0n) is 19.3. The summed E-state index contributed by atoms with van der Waals surface area (Å²) in [5.41, 5.74) is 14.7. The maximum absolute atomic E-state index is 13.9. The monoisotopic (exact) mass is 490 g/mol. The second-order valence-corrected chi connectivity index (χ2v) is 10.5. The smallest absolute Gasteiger partial charge is 0.243 e. The average Bonchev–Trinajstić information content (AvgIpc) is 3.28. The average molecular weight is 491 g/mol. The lowest BCUT2D eigenvalue weighted by atomic mass is 9.94. The summed E-state index contributed by atoms with van der Waals surface area (Å²) in [5, 5.41) is 2.78. The van der Waals surface area contributed by atoms with Crippen LogP contribution in [-0.2, 0) is 19.5 Å². The molecule has 1 aliphatic rings. The van der Waals surface area contributed by atoms with Gasteiger partial charge < -0.3 is 26.6 Å². The van der Waals surface area contributed by atoms with Crippen molar-refractivity contribution in [1.82, 2.24) is 9.80 Å². The zero-order chi connectivity index (χ0) is 25.1. The highest BCUT2D eigenvalue weighted by Crippen LogP contribution is 2.40. The van der Waals surface area contributed by atoms with Crippen LogP contribution in [0.3, 0.4) is 0 Å². The molecule has 0 fully saturated rings. The van der Waals surface area contributed by atoms with Gasteiger partial charge in [-0.3, -0.25) is 4.79 Å². The third kappa shape index (κ3) is 4.93. The number of carbonyl (C=O) groups is 1. The highest BCUT2D eigenvalue weighted by molar-refractivity contribution is 7.92. The molecule has 0 spiro atoms. The van der Waals surface area contributed by atoms with E-state index in [1.54, 1.807) is 84.5 Å². The Kier molecular flexibility index (Phi) is 6.93. The molecule has 5 N–H and O–H groups in total. The molecular formula is C26H28N5O3S. The molecule has 3 aromatic carbocycles. The summed E-state index contributed by atoms with van der Waals surface area (Å²) in [7, 11) is -2.29. The lowest BCUT2D eigenvalue weighted by Gasteiger charge is -2.35. The number of nitrogens with zero attached hydrogens (tertiary/aromatic N) is 2. The molecule has 1 aliphatic heterocycles. The highest BCUT2D eigenvalue weighted by atomic mass is 32.2. The molecule has 0 aromatic heterocycles. The number of anilines is 1. The number of carbonyl (C=O) groups excluding carboxylic acids is 1. The van der Waals surface area contributed by atoms with Crippen LogP contribution in [0.5, 0.6) is 0 Å². The molecule has 9 heteroatoms. The minimum Gasteiger partial charge on any atom is -0.356 e. The van der Waals surface area contributed by atoms with Crippen molar-refractivity contribution < 1.29 is 13.2 Å². The fourth-order valence-corrected chi connectivity index (χ4v) is 5.78. The van der Waals surface area contributed by atoms with Gasteiger partial charge in [0.15, 0.2) is 4.87 Å². The Bertz CT molecular complexity index is 1300. The number of benzene rings is 3. The quantitative estimate of drug-likeness (QED) is 0.444. The molecule has 3 aromatic rings. The van der Waals surface area contributed by atoms with Gasteiger partial charge in [0, 0.05) is 25.1 Å². The predicted molar refractivity (Wildman–Crippen MR) is 136 cm³/mol. The van der Waals surface area contributed by atoms with E-state index in [1.165, 1.54) is 12.1 Å². The summed E-state index contributed by atoms with van der Waals surface area (Å²) < 4.78 is 27.9. The maximum Gasteiger partial charge on any atom is 0.243 e. The number of hydrogen-bond donors (Lipinski definition) is 3. The van der Waals surface area contributed by atoms with E-state index in [0.717, 1.165) is 0 Å². The van der Waals surface area contributed by atoms with Gasteiger partial charge in [-0.2, -0.15) is 0 Å². The number of nitrogens with two attached hydrogens (primary N) is 2. The second-order valence-electron chi connectivity index (χ2n) is 8.37. The molecule has 0 unspecified atom stereocenters. The lowest BCUT2D eigenvalue weighted by Crippen LogP contribution is -2.52. The molecule has 1 radical (unpaired) electrons. The molecule has 0 saturated carbocycles. The van der Waals surface area contributed by atoms with Gasteiger partial charge in [0.25, 0.3) is 0 Å². The summed E-state index contributed by atoms with van der Waals surface area (Å²) in [4.78, 5) is 14.0. The first kappa shape index (κ1) is 24.5. The van der Waals surface area contributed by atoms with Gasteiger partial charge in [-0.05, 0) is 35.4 Å². The van der Waals surface area contributed by atoms with Crippen LogP contribution in [0.15, 0.2) is 102 Å². The normalized spacial score (nSPS) is 16.1. The molecule has 181 valence electrons. The molecule has 4 rings (SSSR count). The maximum atomic E-state index is 13.9. The van der Waals surface area contributed by atoms with Gasteiger partial charge >= 0.3 is 0 Å². The third-order valence-corrected chi connectivity index (χ3v) is 8.16. The van der Waals surface area contributed by atoms with Crippen LogP contribution in [0.1, 0.15) is 17.2 Å². The highest BCUT2D eigenvalue weighted by Gasteiger charge is 2.48. The van der Waals surface area contributed by atoms with E-state index in [0.29, 0.717) is 16.8 Å². The number of rotatable bonds is 8. The second kappa shape index (κ2) is 9.91. The number of sulfone groups is 1. The molecule has 1 heterocycles. The van der Waals surface area contributed by atoms with Crippen molar-refractivity contribution in [1.29, 1.82) is 0 Å². The van der Waals surface area contributed by atoms with Gasteiger partial charge in [-0.25, -0.2) is 8.42 Å². The lowest BCUT2D eigenvalue weighted by molar-refractivity contribution is -0.116. The Hall–Kier alpha value is -3.66. The van der Waals surface area contributed by atoms with E-state index in [9.17, 15) is 13.2 Å². The summed E-state index contributed by atoms with van der Waals surface area (Å²) in [6, 6.07) is 22.4. The Balaban J connectivity index is 1.61. The van der Waals surface area contributed by atoms with Crippen LogP contribution >= 0.6 is 0 Å². The summed E-state index contributed by atoms with van der Waals surface area (Å²) in [6.45, 7) is 1.92. The summed E-state index contributed by atoms with van der Waals surface area (Å²) in [5.74, 6) is -0.236. The molecule has 8 nitrogen and oxygen atoms in total. The van der Waals surface area contributed by atoms with Gasteiger partial charge in [-0.15, -0.1) is 0 Å². The molecule has 1 amide bonds. The van der Waals surface area contributed by atoms with E-state index < -0.39 is 20.8 Å². The van der Waals surface area contributed by atoms with Gasteiger partial charge in [0.05, 0.1) is 17.5 Å². The first-order valence-corrected chi connectivity index (χ1v) is 12.5. The zero-order valence-corrected chi connectivity index (χ0v) is 20.1. The fourth-order valence-electron chi connectivity index (χ4n) is 3.98. The van der Waals surface area contributed by atoms with E-state index in [4.69, 9.17) is 11.5 Å². The van der Waals surface area contributed by atoms with Crippen LogP contribution in [0.4, 0.5) is 5.69 Å². The minimum atomic E-state index is -4.16. The molecule has 2 atom stereocenters. The molecule has 0 bridgehead atoms. The van der Waals surface area contributed by atoms with E-state index in [-0.39, 0.29) is 17.3 Å². The Morgan fingerprint density at radius 2 is 1.54 bits per heavy atom. The molecular weight excluding hydrogens is 462 g/mol. The molecule has 0 saturated heterocycles. The van der Waals surface area contributed by atoms with Crippen molar-refractivity contribution in [3.63, 3.8) is 0 Å². The van der Waals surface area contributed by atoms with Crippen molar-refractivity contribution in [3.8, 4) is 0 Å². The fraction of sp³-hybridized carbons (Fsp3) is 0.154.